The second-order valence-electron chi connectivity index (χ2n) is 8.77. The van der Waals surface area contributed by atoms with Gasteiger partial charge in [-0.15, -0.1) is 6.58 Å². The molecule has 0 saturated heterocycles. The molecule has 0 fully saturated rings. The zero-order valence-corrected chi connectivity index (χ0v) is 20.9. The number of rotatable bonds is 14. The van der Waals surface area contributed by atoms with Crippen LogP contribution in [0.4, 0.5) is 0 Å². The summed E-state index contributed by atoms with van der Waals surface area (Å²) in [6.07, 6.45) is 7.37. The lowest BCUT2D eigenvalue weighted by Gasteiger charge is -2.11. The van der Waals surface area contributed by atoms with E-state index in [0.717, 1.165) is 61.3 Å². The fraction of sp³-hybridized carbons (Fsp3) is 0.323. The van der Waals surface area contributed by atoms with Gasteiger partial charge in [-0.3, -0.25) is 0 Å². The summed E-state index contributed by atoms with van der Waals surface area (Å²) in [5.74, 6) is 2.28. The van der Waals surface area contributed by atoms with Gasteiger partial charge in [-0.1, -0.05) is 50.6 Å². The van der Waals surface area contributed by atoms with Crippen molar-refractivity contribution >= 4 is 5.97 Å². The Morgan fingerprint density at radius 2 is 1.37 bits per heavy atom. The maximum atomic E-state index is 12.6. The Balaban J connectivity index is 1.48. The second kappa shape index (κ2) is 14.0. The summed E-state index contributed by atoms with van der Waals surface area (Å²) in [5.41, 5.74) is 2.60. The van der Waals surface area contributed by atoms with Crippen LogP contribution in [0.2, 0.25) is 0 Å². The Bertz CT molecular complexity index is 1040. The Hall–Kier alpha value is -3.53. The van der Waals surface area contributed by atoms with Crippen LogP contribution in [0, 0.1) is 5.92 Å². The van der Waals surface area contributed by atoms with Crippen molar-refractivity contribution in [3.8, 4) is 28.4 Å². The van der Waals surface area contributed by atoms with Crippen LogP contribution >= 0.6 is 0 Å². The van der Waals surface area contributed by atoms with E-state index in [0.29, 0.717) is 23.8 Å². The van der Waals surface area contributed by atoms with E-state index in [4.69, 9.17) is 14.2 Å². The first-order valence-corrected chi connectivity index (χ1v) is 12.5. The lowest BCUT2D eigenvalue weighted by Crippen LogP contribution is -2.08. The van der Waals surface area contributed by atoms with Gasteiger partial charge in [0.05, 0.1) is 18.8 Å². The third-order valence-corrected chi connectivity index (χ3v) is 5.90. The Labute approximate surface area is 209 Å². The number of unbranched alkanes of at least 4 members (excludes halogenated alkanes) is 3. The Kier molecular flexibility index (Phi) is 10.4. The molecule has 0 aliphatic heterocycles. The van der Waals surface area contributed by atoms with Gasteiger partial charge < -0.3 is 14.2 Å². The highest BCUT2D eigenvalue weighted by Crippen LogP contribution is 2.24. The number of hydrogen-bond donors (Lipinski definition) is 0. The van der Waals surface area contributed by atoms with Gasteiger partial charge in [-0.05, 0) is 91.3 Å². The van der Waals surface area contributed by atoms with Crippen molar-refractivity contribution in [1.29, 1.82) is 0 Å². The average Bonchev–Trinajstić information content (AvgIpc) is 2.90. The monoisotopic (exact) mass is 472 g/mol. The van der Waals surface area contributed by atoms with Gasteiger partial charge in [0.15, 0.2) is 0 Å². The highest BCUT2D eigenvalue weighted by atomic mass is 16.5. The molecule has 3 aromatic rings. The molecule has 3 rings (SSSR count). The molecule has 0 heterocycles. The third kappa shape index (κ3) is 8.64. The summed E-state index contributed by atoms with van der Waals surface area (Å²) in [4.78, 5) is 12.6. The van der Waals surface area contributed by atoms with Gasteiger partial charge in [0.25, 0.3) is 0 Å². The van der Waals surface area contributed by atoms with Crippen LogP contribution in [0.3, 0.4) is 0 Å². The minimum absolute atomic E-state index is 0.388. The van der Waals surface area contributed by atoms with Gasteiger partial charge in [-0.2, -0.15) is 0 Å². The molecule has 4 heteroatoms. The summed E-state index contributed by atoms with van der Waals surface area (Å²) in [6, 6.07) is 22.6. The maximum absolute atomic E-state index is 12.6. The molecule has 184 valence electrons. The van der Waals surface area contributed by atoms with E-state index in [2.05, 4.69) is 20.4 Å². The third-order valence-electron chi connectivity index (χ3n) is 5.90. The van der Waals surface area contributed by atoms with Gasteiger partial charge in [0.1, 0.15) is 17.2 Å². The summed E-state index contributed by atoms with van der Waals surface area (Å²) in [7, 11) is 0. The predicted molar refractivity (Wildman–Crippen MR) is 142 cm³/mol. The van der Waals surface area contributed by atoms with Crippen LogP contribution in [-0.4, -0.2) is 19.2 Å². The maximum Gasteiger partial charge on any atom is 0.343 e. The fourth-order valence-electron chi connectivity index (χ4n) is 3.43. The Morgan fingerprint density at radius 3 is 2.00 bits per heavy atom. The van der Waals surface area contributed by atoms with Crippen LogP contribution in [0.15, 0.2) is 85.5 Å². The molecule has 0 aliphatic carbocycles. The van der Waals surface area contributed by atoms with Crippen molar-refractivity contribution in [2.24, 2.45) is 5.92 Å². The minimum atomic E-state index is -0.388. The number of benzene rings is 3. The van der Waals surface area contributed by atoms with E-state index in [1.165, 1.54) is 0 Å². The lowest BCUT2D eigenvalue weighted by molar-refractivity contribution is 0.0734. The van der Waals surface area contributed by atoms with E-state index in [9.17, 15) is 4.79 Å². The normalized spacial score (nSPS) is 11.5. The molecule has 1 unspecified atom stereocenters. The first-order valence-electron chi connectivity index (χ1n) is 12.5. The molecule has 0 amide bonds. The van der Waals surface area contributed by atoms with Crippen LogP contribution in [-0.2, 0) is 0 Å². The van der Waals surface area contributed by atoms with Crippen LogP contribution in [0.1, 0.15) is 56.3 Å². The largest absolute Gasteiger partial charge is 0.494 e. The van der Waals surface area contributed by atoms with Gasteiger partial charge in [0, 0.05) is 0 Å². The first kappa shape index (κ1) is 26.1. The minimum Gasteiger partial charge on any atom is -0.494 e. The van der Waals surface area contributed by atoms with Crippen LogP contribution < -0.4 is 14.2 Å². The molecule has 35 heavy (non-hydrogen) atoms. The van der Waals surface area contributed by atoms with E-state index in [-0.39, 0.29) is 5.97 Å². The smallest absolute Gasteiger partial charge is 0.343 e. The van der Waals surface area contributed by atoms with E-state index in [1.807, 2.05) is 54.6 Å². The molecule has 3 aromatic carbocycles. The molecule has 0 spiro atoms. The quantitative estimate of drug-likeness (QED) is 0.103. The van der Waals surface area contributed by atoms with Crippen molar-refractivity contribution in [2.45, 2.75) is 46.0 Å². The van der Waals surface area contributed by atoms with Crippen molar-refractivity contribution in [1.82, 2.24) is 0 Å². The van der Waals surface area contributed by atoms with Gasteiger partial charge in [0.2, 0.25) is 0 Å². The standard InChI is InChI=1S/C31H36O4/c1-4-6-7-8-9-22-33-28-18-20-30(21-19-28)35-31(32)27-12-10-25(11-13-27)26-14-16-29(17-15-26)34-23-24(3)5-2/h4,10-21,24H,1,5-9,22-23H2,2-3H3. The van der Waals surface area contributed by atoms with Crippen molar-refractivity contribution in [3.05, 3.63) is 91.0 Å². The number of allylic oxidation sites excluding steroid dienone is 1. The molecule has 0 saturated carbocycles. The zero-order chi connectivity index (χ0) is 24.9. The number of esters is 1. The lowest BCUT2D eigenvalue weighted by atomic mass is 10.0. The van der Waals surface area contributed by atoms with Crippen molar-refractivity contribution in [2.75, 3.05) is 13.2 Å². The topological polar surface area (TPSA) is 44.8 Å². The molecular formula is C31H36O4. The van der Waals surface area contributed by atoms with Crippen molar-refractivity contribution in [3.63, 3.8) is 0 Å². The molecule has 0 aliphatic rings. The van der Waals surface area contributed by atoms with E-state index < -0.39 is 0 Å². The predicted octanol–water partition coefficient (Wildman–Crippen LogP) is 8.12. The van der Waals surface area contributed by atoms with Crippen LogP contribution in [0.25, 0.3) is 11.1 Å². The summed E-state index contributed by atoms with van der Waals surface area (Å²) in [6.45, 7) is 9.48. The SMILES string of the molecule is C=CCCCCCOc1ccc(OC(=O)c2ccc(-c3ccc(OCC(C)CC)cc3)cc2)cc1. The summed E-state index contributed by atoms with van der Waals surface area (Å²) in [5, 5.41) is 0. The number of carbonyl (C=O) groups excluding carboxylic acids is 1. The summed E-state index contributed by atoms with van der Waals surface area (Å²) >= 11 is 0. The molecule has 0 bridgehead atoms. The highest BCUT2D eigenvalue weighted by Gasteiger charge is 2.10. The number of carbonyl (C=O) groups is 1. The van der Waals surface area contributed by atoms with E-state index >= 15 is 0 Å². The Morgan fingerprint density at radius 1 is 0.800 bits per heavy atom. The average molecular weight is 473 g/mol. The second-order valence-corrected chi connectivity index (χ2v) is 8.77. The molecule has 0 N–H and O–H groups in total. The molecule has 4 nitrogen and oxygen atoms in total. The number of ether oxygens (including phenoxy) is 3. The van der Waals surface area contributed by atoms with Gasteiger partial charge in [-0.25, -0.2) is 4.79 Å². The molecular weight excluding hydrogens is 436 g/mol. The molecule has 0 aromatic heterocycles. The van der Waals surface area contributed by atoms with Crippen LogP contribution in [0.5, 0.6) is 17.2 Å². The summed E-state index contributed by atoms with van der Waals surface area (Å²) < 4.78 is 17.1. The number of hydrogen-bond acceptors (Lipinski definition) is 4. The molecule has 0 radical (unpaired) electrons. The fourth-order valence-corrected chi connectivity index (χ4v) is 3.43. The van der Waals surface area contributed by atoms with Crippen molar-refractivity contribution < 1.29 is 19.0 Å². The van der Waals surface area contributed by atoms with E-state index in [1.54, 1.807) is 24.3 Å². The first-order chi connectivity index (χ1) is 17.1. The highest BCUT2D eigenvalue weighted by molar-refractivity contribution is 5.91. The molecule has 1 atom stereocenters. The zero-order valence-electron chi connectivity index (χ0n) is 20.9. The van der Waals surface area contributed by atoms with Gasteiger partial charge >= 0.3 is 5.97 Å².